The monoisotopic (exact) mass is 426 g/mol. The molecule has 0 unspecified atom stereocenters. The van der Waals surface area contributed by atoms with Crippen LogP contribution in [0.1, 0.15) is 23.2 Å². The third kappa shape index (κ3) is 4.69. The van der Waals surface area contributed by atoms with Crippen molar-refractivity contribution in [1.82, 2.24) is 4.31 Å². The number of nitrogens with zero attached hydrogens (tertiary/aromatic N) is 3. The molecule has 1 amide bonds. The van der Waals surface area contributed by atoms with E-state index in [-0.39, 0.29) is 43.2 Å². The van der Waals surface area contributed by atoms with Gasteiger partial charge in [0.2, 0.25) is 16.8 Å². The van der Waals surface area contributed by atoms with Crippen molar-refractivity contribution in [2.75, 3.05) is 25.2 Å². The van der Waals surface area contributed by atoms with Gasteiger partial charge in [-0.25, -0.2) is 8.42 Å². The minimum atomic E-state index is -3.88. The molecule has 2 aromatic carbocycles. The van der Waals surface area contributed by atoms with Gasteiger partial charge in [-0.15, -0.1) is 0 Å². The standard InChI is InChI=1S/C20H18N4O5S/c21-9-1-11-24(12-2-10-22)30(26,27)17-6-3-15(4-7-17)20(25)23-16-5-8-18-19(13-16)29-14-28-18/h3-8,13H,1-2,11-12,14H2,(H,23,25). The molecule has 1 heterocycles. The van der Waals surface area contributed by atoms with E-state index in [2.05, 4.69) is 5.32 Å². The first-order chi connectivity index (χ1) is 14.5. The van der Waals surface area contributed by atoms with Crippen LogP contribution in [0.4, 0.5) is 5.69 Å². The predicted molar refractivity (Wildman–Crippen MR) is 106 cm³/mol. The zero-order valence-electron chi connectivity index (χ0n) is 15.9. The highest BCUT2D eigenvalue weighted by molar-refractivity contribution is 7.89. The van der Waals surface area contributed by atoms with Gasteiger partial charge in [0.15, 0.2) is 11.5 Å². The minimum absolute atomic E-state index is 0.00708. The Balaban J connectivity index is 1.73. The quantitative estimate of drug-likeness (QED) is 0.685. The molecule has 1 aliphatic heterocycles. The molecule has 0 atom stereocenters. The van der Waals surface area contributed by atoms with Gasteiger partial charge in [0.05, 0.1) is 17.0 Å². The summed E-state index contributed by atoms with van der Waals surface area (Å²) in [6, 6.07) is 14.3. The molecule has 0 bridgehead atoms. The van der Waals surface area contributed by atoms with Crippen molar-refractivity contribution < 1.29 is 22.7 Å². The maximum Gasteiger partial charge on any atom is 0.255 e. The van der Waals surface area contributed by atoms with Gasteiger partial charge in [-0.1, -0.05) is 0 Å². The maximum absolute atomic E-state index is 12.8. The first-order valence-corrected chi connectivity index (χ1v) is 10.4. The molecule has 0 saturated carbocycles. The van der Waals surface area contributed by atoms with Gasteiger partial charge in [0.25, 0.3) is 5.91 Å². The van der Waals surface area contributed by atoms with Crippen molar-refractivity contribution in [1.29, 1.82) is 10.5 Å². The Morgan fingerprint density at radius 2 is 1.63 bits per heavy atom. The van der Waals surface area contributed by atoms with Crippen LogP contribution in [0.2, 0.25) is 0 Å². The molecular weight excluding hydrogens is 408 g/mol. The summed E-state index contributed by atoms with van der Waals surface area (Å²) in [5, 5.41) is 20.2. The largest absolute Gasteiger partial charge is 0.454 e. The molecule has 1 aliphatic rings. The van der Waals surface area contributed by atoms with Crippen molar-refractivity contribution in [2.45, 2.75) is 17.7 Å². The molecule has 0 aromatic heterocycles. The van der Waals surface area contributed by atoms with E-state index >= 15 is 0 Å². The highest BCUT2D eigenvalue weighted by Crippen LogP contribution is 2.34. The number of carbonyl (C=O) groups excluding carboxylic acids is 1. The first-order valence-electron chi connectivity index (χ1n) is 9.01. The van der Waals surface area contributed by atoms with Crippen LogP contribution < -0.4 is 14.8 Å². The molecule has 0 saturated heterocycles. The smallest absolute Gasteiger partial charge is 0.255 e. The van der Waals surface area contributed by atoms with Crippen LogP contribution in [-0.2, 0) is 10.0 Å². The third-order valence-corrected chi connectivity index (χ3v) is 6.24. The fourth-order valence-electron chi connectivity index (χ4n) is 2.81. The summed E-state index contributed by atoms with van der Waals surface area (Å²) in [6.45, 7) is 0.113. The lowest BCUT2D eigenvalue weighted by atomic mass is 10.2. The number of amides is 1. The maximum atomic E-state index is 12.8. The van der Waals surface area contributed by atoms with Crippen molar-refractivity contribution in [3.05, 3.63) is 48.0 Å². The lowest BCUT2D eigenvalue weighted by Gasteiger charge is -2.20. The fraction of sp³-hybridized carbons (Fsp3) is 0.250. The van der Waals surface area contributed by atoms with Gasteiger partial charge >= 0.3 is 0 Å². The lowest BCUT2D eigenvalue weighted by Crippen LogP contribution is -2.32. The van der Waals surface area contributed by atoms with Crippen LogP contribution >= 0.6 is 0 Å². The second kappa shape index (κ2) is 9.27. The Hall–Kier alpha value is -3.60. The van der Waals surface area contributed by atoms with Crippen molar-refractivity contribution in [2.24, 2.45) is 0 Å². The van der Waals surface area contributed by atoms with Crippen molar-refractivity contribution >= 4 is 21.6 Å². The fourth-order valence-corrected chi connectivity index (χ4v) is 4.25. The Morgan fingerprint density at radius 3 is 2.27 bits per heavy atom. The first kappa shape index (κ1) is 21.1. The molecule has 0 radical (unpaired) electrons. The molecule has 0 fully saturated rings. The molecule has 30 heavy (non-hydrogen) atoms. The molecule has 9 nitrogen and oxygen atoms in total. The number of carbonyl (C=O) groups is 1. The number of sulfonamides is 1. The van der Waals surface area contributed by atoms with Crippen LogP contribution in [0.5, 0.6) is 11.5 Å². The second-order valence-corrected chi connectivity index (χ2v) is 8.20. The van der Waals surface area contributed by atoms with Gasteiger partial charge in [-0.3, -0.25) is 4.79 Å². The lowest BCUT2D eigenvalue weighted by molar-refractivity contribution is 0.102. The summed E-state index contributed by atoms with van der Waals surface area (Å²) >= 11 is 0. The summed E-state index contributed by atoms with van der Waals surface area (Å²) in [5.74, 6) is 0.715. The van der Waals surface area contributed by atoms with Crippen LogP contribution in [0.15, 0.2) is 47.4 Å². The van der Waals surface area contributed by atoms with Crippen molar-refractivity contribution in [3.63, 3.8) is 0 Å². The molecule has 3 rings (SSSR count). The second-order valence-electron chi connectivity index (χ2n) is 6.27. The number of benzene rings is 2. The van der Waals surface area contributed by atoms with E-state index in [4.69, 9.17) is 20.0 Å². The summed E-state index contributed by atoms with van der Waals surface area (Å²) in [7, 11) is -3.88. The summed E-state index contributed by atoms with van der Waals surface area (Å²) in [4.78, 5) is 12.5. The van der Waals surface area contributed by atoms with E-state index in [1.165, 1.54) is 24.3 Å². The number of hydrogen-bond acceptors (Lipinski definition) is 7. The molecule has 2 aromatic rings. The van der Waals surface area contributed by atoms with E-state index in [0.29, 0.717) is 17.2 Å². The molecule has 154 valence electrons. The average Bonchev–Trinajstić information content (AvgIpc) is 3.21. The highest BCUT2D eigenvalue weighted by Gasteiger charge is 2.24. The molecule has 1 N–H and O–H groups in total. The SMILES string of the molecule is N#CCCN(CCC#N)S(=O)(=O)c1ccc(C(=O)Nc2ccc3c(c2)OCO3)cc1. The Bertz CT molecular complexity index is 1100. The van der Waals surface area contributed by atoms with Gasteiger partial charge in [0, 0.05) is 43.2 Å². The van der Waals surface area contributed by atoms with Gasteiger partial charge < -0.3 is 14.8 Å². The Morgan fingerprint density at radius 1 is 1.00 bits per heavy atom. The Labute approximate surface area is 174 Å². The number of hydrogen-bond donors (Lipinski definition) is 1. The normalized spacial score (nSPS) is 12.2. The van der Waals surface area contributed by atoms with Gasteiger partial charge in [-0.05, 0) is 36.4 Å². The predicted octanol–water partition coefficient (Wildman–Crippen LogP) is 2.49. The number of anilines is 1. The van der Waals surface area contributed by atoms with Crippen LogP contribution in [-0.4, -0.2) is 38.5 Å². The summed E-state index contributed by atoms with van der Waals surface area (Å²) in [6.07, 6.45) is 0.0291. The molecule has 0 aliphatic carbocycles. The number of nitrogens with one attached hydrogen (secondary N) is 1. The van der Waals surface area contributed by atoms with Gasteiger partial charge in [-0.2, -0.15) is 14.8 Å². The number of rotatable bonds is 8. The van der Waals surface area contributed by atoms with Crippen LogP contribution in [0.25, 0.3) is 0 Å². The highest BCUT2D eigenvalue weighted by atomic mass is 32.2. The number of nitriles is 2. The van der Waals surface area contributed by atoms with Gasteiger partial charge in [0.1, 0.15) is 0 Å². The van der Waals surface area contributed by atoms with E-state index in [1.807, 2.05) is 12.1 Å². The topological polar surface area (TPSA) is 133 Å². The minimum Gasteiger partial charge on any atom is -0.454 e. The summed E-state index contributed by atoms with van der Waals surface area (Å²) in [5.41, 5.74) is 0.785. The molecular formula is C20H18N4O5S. The van der Waals surface area contributed by atoms with Crippen LogP contribution in [0.3, 0.4) is 0 Å². The zero-order valence-corrected chi connectivity index (χ0v) is 16.7. The van der Waals surface area contributed by atoms with E-state index in [0.717, 1.165) is 4.31 Å². The van der Waals surface area contributed by atoms with Crippen molar-refractivity contribution in [3.8, 4) is 23.6 Å². The number of fused-ring (bicyclic) bond motifs is 1. The molecule has 10 heteroatoms. The van der Waals surface area contributed by atoms with E-state index in [9.17, 15) is 13.2 Å². The third-order valence-electron chi connectivity index (χ3n) is 4.33. The van der Waals surface area contributed by atoms with E-state index < -0.39 is 15.9 Å². The Kier molecular flexibility index (Phi) is 6.52. The van der Waals surface area contributed by atoms with E-state index in [1.54, 1.807) is 18.2 Å². The number of ether oxygens (including phenoxy) is 2. The molecule has 0 spiro atoms. The van der Waals surface area contributed by atoms with Crippen LogP contribution in [0, 0.1) is 22.7 Å². The summed E-state index contributed by atoms with van der Waals surface area (Å²) < 4.78 is 37.2. The zero-order chi connectivity index (χ0) is 21.6. The average molecular weight is 426 g/mol.